The topological polar surface area (TPSA) is 80.9 Å². The molecule has 3 rings (SSSR count). The summed E-state index contributed by atoms with van der Waals surface area (Å²) in [6, 6.07) is 11.4. The van der Waals surface area contributed by atoms with Crippen LogP contribution in [0, 0.1) is 0 Å². The summed E-state index contributed by atoms with van der Waals surface area (Å²) in [5.41, 5.74) is 2.61. The number of thioether (sulfide) groups is 1. The first-order chi connectivity index (χ1) is 13.2. The first kappa shape index (κ1) is 20.4. The van der Waals surface area contributed by atoms with E-state index in [4.69, 9.17) is 16.0 Å². The molecule has 0 aliphatic carbocycles. The van der Waals surface area contributed by atoms with Gasteiger partial charge in [-0.05, 0) is 42.2 Å². The van der Waals surface area contributed by atoms with E-state index in [0.717, 1.165) is 5.56 Å². The van der Waals surface area contributed by atoms with E-state index in [0.29, 0.717) is 16.8 Å². The van der Waals surface area contributed by atoms with Crippen LogP contribution in [0.1, 0.15) is 33.3 Å². The van der Waals surface area contributed by atoms with Crippen LogP contribution in [0.3, 0.4) is 0 Å². The van der Waals surface area contributed by atoms with Crippen molar-refractivity contribution in [2.45, 2.75) is 43.6 Å². The molecule has 0 radical (unpaired) electrons. The van der Waals surface area contributed by atoms with Gasteiger partial charge in [0.1, 0.15) is 0 Å². The lowest BCUT2D eigenvalue weighted by molar-refractivity contribution is -0.115. The summed E-state index contributed by atoms with van der Waals surface area (Å²) in [4.78, 5) is 16.3. The van der Waals surface area contributed by atoms with Crippen LogP contribution in [-0.2, 0) is 10.2 Å². The number of carbonyl (C=O) groups is 1. The van der Waals surface area contributed by atoms with Gasteiger partial charge in [-0.2, -0.15) is 0 Å². The van der Waals surface area contributed by atoms with E-state index < -0.39 is 5.25 Å². The number of halogens is 1. The second-order valence-electron chi connectivity index (χ2n) is 7.29. The van der Waals surface area contributed by atoms with E-state index in [9.17, 15) is 4.79 Å². The Balaban J connectivity index is 1.65. The van der Waals surface area contributed by atoms with Crippen LogP contribution in [0.4, 0.5) is 5.69 Å². The lowest BCUT2D eigenvalue weighted by atomic mass is 9.87. The smallest absolute Gasteiger partial charge is 0.277 e. The Morgan fingerprint density at radius 1 is 1.18 bits per heavy atom. The van der Waals surface area contributed by atoms with Crippen LogP contribution in [0.2, 0.25) is 5.15 Å². The molecule has 2 aromatic heterocycles. The molecule has 146 valence electrons. The summed E-state index contributed by atoms with van der Waals surface area (Å²) in [6.45, 7) is 8.24. The minimum Gasteiger partial charge on any atom is -0.411 e. The molecule has 0 aliphatic heterocycles. The van der Waals surface area contributed by atoms with Crippen molar-refractivity contribution in [2.24, 2.45) is 0 Å². The summed E-state index contributed by atoms with van der Waals surface area (Å²) in [5, 5.41) is 11.0. The number of anilines is 1. The fourth-order valence-corrected chi connectivity index (χ4v) is 3.26. The fraction of sp³-hybridized carbons (Fsp3) is 0.300. The molecular formula is C20H21ClN4O2S. The van der Waals surface area contributed by atoms with E-state index >= 15 is 0 Å². The van der Waals surface area contributed by atoms with Crippen molar-refractivity contribution < 1.29 is 9.21 Å². The van der Waals surface area contributed by atoms with E-state index in [-0.39, 0.29) is 16.5 Å². The first-order valence-electron chi connectivity index (χ1n) is 8.76. The third kappa shape index (κ3) is 4.91. The molecule has 0 aliphatic rings. The van der Waals surface area contributed by atoms with Gasteiger partial charge in [-0.1, -0.05) is 56.3 Å². The van der Waals surface area contributed by atoms with E-state index in [2.05, 4.69) is 53.4 Å². The minimum absolute atomic E-state index is 0.0777. The van der Waals surface area contributed by atoms with Gasteiger partial charge < -0.3 is 9.73 Å². The van der Waals surface area contributed by atoms with Crippen LogP contribution in [0.25, 0.3) is 11.5 Å². The van der Waals surface area contributed by atoms with Gasteiger partial charge >= 0.3 is 0 Å². The molecule has 0 bridgehead atoms. The summed E-state index contributed by atoms with van der Waals surface area (Å²) in [5.74, 6) is 0.194. The molecule has 2 heterocycles. The molecule has 3 aromatic rings. The van der Waals surface area contributed by atoms with Gasteiger partial charge in [-0.25, -0.2) is 4.98 Å². The van der Waals surface area contributed by atoms with Gasteiger partial charge in [-0.3, -0.25) is 4.79 Å². The highest BCUT2D eigenvalue weighted by Gasteiger charge is 2.20. The Labute approximate surface area is 173 Å². The molecule has 1 atom stereocenters. The Bertz CT molecular complexity index is 967. The average Bonchev–Trinajstić information content (AvgIpc) is 3.11. The van der Waals surface area contributed by atoms with Crippen molar-refractivity contribution in [3.05, 3.63) is 53.3 Å². The van der Waals surface area contributed by atoms with Gasteiger partial charge in [0, 0.05) is 11.8 Å². The molecule has 0 saturated carbocycles. The number of pyridine rings is 1. The largest absolute Gasteiger partial charge is 0.411 e. The standard InChI is InChI=1S/C20H21ClN4O2S/c1-12(17(26)23-15-6-5-11-22-16(15)21)28-19-25-24-18(27-19)13-7-9-14(10-8-13)20(2,3)4/h5-12H,1-4H3,(H,23,26)/t12-/m0/s1. The number of hydrogen-bond acceptors (Lipinski definition) is 6. The number of amides is 1. The first-order valence-corrected chi connectivity index (χ1v) is 10.0. The molecule has 1 amide bonds. The molecule has 28 heavy (non-hydrogen) atoms. The number of carbonyl (C=O) groups excluding carboxylic acids is 1. The van der Waals surface area contributed by atoms with Crippen LogP contribution in [0.5, 0.6) is 0 Å². The summed E-state index contributed by atoms with van der Waals surface area (Å²) in [6.07, 6.45) is 1.56. The van der Waals surface area contributed by atoms with E-state index in [1.807, 2.05) is 12.1 Å². The highest BCUT2D eigenvalue weighted by Crippen LogP contribution is 2.29. The third-order valence-electron chi connectivity index (χ3n) is 4.07. The molecule has 0 unspecified atom stereocenters. The summed E-state index contributed by atoms with van der Waals surface area (Å²) < 4.78 is 5.71. The number of nitrogens with zero attached hydrogens (tertiary/aromatic N) is 3. The molecule has 1 N–H and O–H groups in total. The van der Waals surface area contributed by atoms with Crippen LogP contribution in [-0.4, -0.2) is 26.3 Å². The Hall–Kier alpha value is -2.38. The highest BCUT2D eigenvalue weighted by molar-refractivity contribution is 8.00. The van der Waals surface area contributed by atoms with Crippen molar-refractivity contribution >= 4 is 35.0 Å². The van der Waals surface area contributed by atoms with Crippen molar-refractivity contribution in [2.75, 3.05) is 5.32 Å². The van der Waals surface area contributed by atoms with E-state index in [1.165, 1.54) is 17.3 Å². The van der Waals surface area contributed by atoms with Crippen LogP contribution >= 0.6 is 23.4 Å². The Morgan fingerprint density at radius 2 is 1.89 bits per heavy atom. The normalized spacial score (nSPS) is 12.6. The molecule has 0 spiro atoms. The van der Waals surface area contributed by atoms with Crippen molar-refractivity contribution in [1.29, 1.82) is 0 Å². The lowest BCUT2D eigenvalue weighted by Gasteiger charge is -2.18. The van der Waals surface area contributed by atoms with Gasteiger partial charge in [0.15, 0.2) is 5.15 Å². The Morgan fingerprint density at radius 3 is 2.54 bits per heavy atom. The second-order valence-corrected chi connectivity index (χ2v) is 8.94. The number of nitrogens with one attached hydrogen (secondary N) is 1. The highest BCUT2D eigenvalue weighted by atomic mass is 35.5. The molecule has 8 heteroatoms. The van der Waals surface area contributed by atoms with Gasteiger partial charge in [-0.15, -0.1) is 10.2 Å². The Kier molecular flexibility index (Phi) is 6.05. The fourth-order valence-electron chi connectivity index (χ4n) is 2.41. The maximum atomic E-state index is 12.4. The summed E-state index contributed by atoms with van der Waals surface area (Å²) in [7, 11) is 0. The van der Waals surface area contributed by atoms with Gasteiger partial charge in [0.05, 0.1) is 10.9 Å². The van der Waals surface area contributed by atoms with Gasteiger partial charge in [0.2, 0.25) is 11.8 Å². The molecule has 0 fully saturated rings. The SMILES string of the molecule is C[C@H](Sc1nnc(-c2ccc(C(C)(C)C)cc2)o1)C(=O)Nc1cccnc1Cl. The zero-order valence-corrected chi connectivity index (χ0v) is 17.6. The summed E-state index contributed by atoms with van der Waals surface area (Å²) >= 11 is 7.15. The number of rotatable bonds is 5. The van der Waals surface area contributed by atoms with Crippen LogP contribution < -0.4 is 5.32 Å². The zero-order valence-electron chi connectivity index (χ0n) is 16.1. The zero-order chi connectivity index (χ0) is 20.3. The van der Waals surface area contributed by atoms with Crippen molar-refractivity contribution in [1.82, 2.24) is 15.2 Å². The number of hydrogen-bond donors (Lipinski definition) is 1. The molecule has 0 saturated heterocycles. The third-order valence-corrected chi connectivity index (χ3v) is 5.30. The van der Waals surface area contributed by atoms with Crippen molar-refractivity contribution in [3.8, 4) is 11.5 Å². The maximum Gasteiger partial charge on any atom is 0.277 e. The quantitative estimate of drug-likeness (QED) is 0.454. The van der Waals surface area contributed by atoms with Crippen LogP contribution in [0.15, 0.2) is 52.2 Å². The van der Waals surface area contributed by atoms with E-state index in [1.54, 1.807) is 25.3 Å². The number of aromatic nitrogens is 3. The maximum absolute atomic E-state index is 12.4. The predicted octanol–water partition coefficient (Wildman–Crippen LogP) is 5.20. The molecular weight excluding hydrogens is 396 g/mol. The molecule has 1 aromatic carbocycles. The van der Waals surface area contributed by atoms with Gasteiger partial charge in [0.25, 0.3) is 5.22 Å². The predicted molar refractivity (Wildman–Crippen MR) is 112 cm³/mol. The second kappa shape index (κ2) is 8.32. The monoisotopic (exact) mass is 416 g/mol. The minimum atomic E-state index is -0.451. The van der Waals surface area contributed by atoms with Crippen molar-refractivity contribution in [3.63, 3.8) is 0 Å². The lowest BCUT2D eigenvalue weighted by Crippen LogP contribution is -2.22. The molecule has 6 nitrogen and oxygen atoms in total. The average molecular weight is 417 g/mol. The number of benzene rings is 1.